The molecule has 0 amide bonds. The molecule has 0 N–H and O–H groups in total. The molecular weight excluding hydrogens is 879 g/mol. The predicted octanol–water partition coefficient (Wildman–Crippen LogP) is 19.2. The Morgan fingerprint density at radius 1 is 0.464 bits per heavy atom. The number of hydrogen-bond acceptors (Lipinski definition) is 3. The zero-order valence-electron chi connectivity index (χ0n) is 48.6. The van der Waals surface area contributed by atoms with E-state index in [1.807, 2.05) is 0 Å². The lowest BCUT2D eigenvalue weighted by Crippen LogP contribution is -2.72. The standard InChI is InChI=1S/C33H53P.C31H43O3P/c1-19(2)26-17-27(20(3)4)30(28(18-26)21(5)6)29-24(9)22(7)23(8)25(10)31(29)34(32(11,12)13)33(14,15)16;1-19(2)22-15-24(20(3)4)27(25(16-22)21(5)6)23-13-11-12-14-26(23)35-30(9)17-28(7)32-29(8,34-30)18-31(35,10)33-28/h17-21H,1-16H3;11-16,19-21H,17-18H2,1-10H3. The van der Waals surface area contributed by atoms with Gasteiger partial charge in [-0.3, -0.25) is 0 Å². The minimum absolute atomic E-state index is 0.217. The maximum absolute atomic E-state index is 6.82. The first-order valence-electron chi connectivity index (χ1n) is 26.8. The summed E-state index contributed by atoms with van der Waals surface area (Å²) in [6, 6.07) is 19.1. The van der Waals surface area contributed by atoms with Crippen LogP contribution in [0.1, 0.15) is 256 Å². The lowest BCUT2D eigenvalue weighted by Gasteiger charge is -2.69. The number of benzene rings is 4. The van der Waals surface area contributed by atoms with E-state index in [2.05, 4.69) is 229 Å². The van der Waals surface area contributed by atoms with Crippen molar-refractivity contribution in [2.75, 3.05) is 0 Å². The Hall–Kier alpha value is -2.38. The van der Waals surface area contributed by atoms with E-state index in [9.17, 15) is 0 Å². The number of hydrogen-bond donors (Lipinski definition) is 0. The first-order valence-corrected chi connectivity index (χ1v) is 29.5. The molecule has 4 fully saturated rings. The quantitative estimate of drug-likeness (QED) is 0.148. The van der Waals surface area contributed by atoms with Crippen LogP contribution in [0.3, 0.4) is 0 Å². The highest BCUT2D eigenvalue weighted by Crippen LogP contribution is 2.76. The van der Waals surface area contributed by atoms with Crippen LogP contribution in [0.2, 0.25) is 0 Å². The third-order valence-electron chi connectivity index (χ3n) is 15.7. The first-order chi connectivity index (χ1) is 31.5. The van der Waals surface area contributed by atoms with Crippen LogP contribution in [-0.2, 0) is 14.2 Å². The summed E-state index contributed by atoms with van der Waals surface area (Å²) in [5.74, 6) is 1.69. The largest absolute Gasteiger partial charge is 0.339 e. The minimum atomic E-state index is -0.781. The van der Waals surface area contributed by atoms with E-state index in [0.717, 1.165) is 12.8 Å². The molecule has 0 aliphatic carbocycles. The molecular formula is C64H96O3P2. The maximum atomic E-state index is 6.82. The molecule has 0 spiro atoms. The highest BCUT2D eigenvalue weighted by Gasteiger charge is 2.71. The van der Waals surface area contributed by atoms with Crippen LogP contribution in [0.25, 0.3) is 22.3 Å². The third kappa shape index (κ3) is 10.6. The SMILES string of the molecule is CC(C)c1cc(C(C)C)c(-c2ccccc2P2C3(C)CC4(C)OC(C)(CC2(C)O4)O3)c(C(C)C)c1.Cc1c(C)c(C)c(P(C(C)(C)C)C(C)(C)C)c(-c2c(C(C)C)cc(C(C)C)cc2C(C)C)c1C. The van der Waals surface area contributed by atoms with Crippen molar-refractivity contribution < 1.29 is 14.2 Å². The second-order valence-corrected chi connectivity index (χ2v) is 33.0. The first kappa shape index (κ1) is 55.9. The van der Waals surface area contributed by atoms with Crippen LogP contribution in [0.15, 0.2) is 48.5 Å². The molecule has 4 saturated heterocycles. The highest BCUT2D eigenvalue weighted by molar-refractivity contribution is 7.69. The van der Waals surface area contributed by atoms with E-state index in [4.69, 9.17) is 14.2 Å². The van der Waals surface area contributed by atoms with Crippen molar-refractivity contribution >= 4 is 26.5 Å². The summed E-state index contributed by atoms with van der Waals surface area (Å²) in [5, 5.41) is 2.89. The van der Waals surface area contributed by atoms with Crippen molar-refractivity contribution in [3.63, 3.8) is 0 Å². The van der Waals surface area contributed by atoms with Crippen LogP contribution >= 0.6 is 15.8 Å². The van der Waals surface area contributed by atoms with E-state index in [0.29, 0.717) is 35.5 Å². The van der Waals surface area contributed by atoms with Gasteiger partial charge in [0.05, 0.1) is 10.7 Å². The Bertz CT molecular complexity index is 2420. The van der Waals surface area contributed by atoms with Gasteiger partial charge in [-0.15, -0.1) is 0 Å². The van der Waals surface area contributed by atoms with Gasteiger partial charge in [0.25, 0.3) is 0 Å². The number of rotatable bonds is 10. The van der Waals surface area contributed by atoms with Gasteiger partial charge in [0.2, 0.25) is 0 Å². The molecule has 0 radical (unpaired) electrons. The minimum Gasteiger partial charge on any atom is -0.339 e. The molecule has 4 aliphatic heterocycles. The third-order valence-corrected chi connectivity index (χ3v) is 22.6. The molecule has 8 rings (SSSR count). The van der Waals surface area contributed by atoms with Gasteiger partial charge >= 0.3 is 0 Å². The van der Waals surface area contributed by atoms with Gasteiger partial charge in [-0.05, 0) is 198 Å². The summed E-state index contributed by atoms with van der Waals surface area (Å²) in [6.07, 6.45) is 1.51. The highest BCUT2D eigenvalue weighted by atomic mass is 31.1. The van der Waals surface area contributed by atoms with E-state index < -0.39 is 27.4 Å². The van der Waals surface area contributed by atoms with Crippen molar-refractivity contribution in [2.24, 2.45) is 0 Å². The molecule has 4 atom stereocenters. The smallest absolute Gasteiger partial charge is 0.173 e. The molecule has 69 heavy (non-hydrogen) atoms. The molecule has 0 saturated carbocycles. The van der Waals surface area contributed by atoms with E-state index in [1.54, 1.807) is 10.9 Å². The van der Waals surface area contributed by atoms with Gasteiger partial charge in [0, 0.05) is 12.8 Å². The molecule has 3 nitrogen and oxygen atoms in total. The van der Waals surface area contributed by atoms with Gasteiger partial charge in [0.15, 0.2) is 11.6 Å². The Morgan fingerprint density at radius 3 is 1.19 bits per heavy atom. The number of ether oxygens (including phenoxy) is 3. The van der Waals surface area contributed by atoms with E-state index >= 15 is 0 Å². The van der Waals surface area contributed by atoms with Gasteiger partial charge in [-0.1, -0.05) is 181 Å². The molecule has 4 aliphatic rings. The maximum Gasteiger partial charge on any atom is 0.173 e. The van der Waals surface area contributed by atoms with Crippen LogP contribution in [-0.4, -0.2) is 32.6 Å². The lowest BCUT2D eigenvalue weighted by atomic mass is 9.79. The van der Waals surface area contributed by atoms with Crippen LogP contribution in [0.5, 0.6) is 0 Å². The molecule has 4 bridgehead atoms. The summed E-state index contributed by atoms with van der Waals surface area (Å²) in [6.45, 7) is 61.2. The Labute approximate surface area is 426 Å². The fourth-order valence-electron chi connectivity index (χ4n) is 13.0. The monoisotopic (exact) mass is 975 g/mol. The van der Waals surface area contributed by atoms with Crippen molar-refractivity contribution in [2.45, 2.75) is 261 Å². The average molecular weight is 975 g/mol. The fraction of sp³-hybridized carbons (Fsp3) is 0.625. The summed E-state index contributed by atoms with van der Waals surface area (Å²) in [4.78, 5) is 0. The van der Waals surface area contributed by atoms with Crippen molar-refractivity contribution in [3.8, 4) is 22.3 Å². The lowest BCUT2D eigenvalue weighted by molar-refractivity contribution is -0.467. The van der Waals surface area contributed by atoms with Gasteiger partial charge in [-0.2, -0.15) is 0 Å². The fourth-order valence-corrected chi connectivity index (χ4v) is 21.5. The Morgan fingerprint density at radius 2 is 0.826 bits per heavy atom. The second kappa shape index (κ2) is 19.5. The van der Waals surface area contributed by atoms with Crippen LogP contribution in [0, 0.1) is 27.7 Å². The summed E-state index contributed by atoms with van der Waals surface area (Å²) in [5.41, 5.74) is 20.7. The Kier molecular flexibility index (Phi) is 15.8. The molecule has 380 valence electrons. The van der Waals surface area contributed by atoms with Crippen LogP contribution in [0.4, 0.5) is 0 Å². The van der Waals surface area contributed by atoms with Crippen molar-refractivity contribution in [1.82, 2.24) is 0 Å². The molecule has 4 heterocycles. The second-order valence-electron chi connectivity index (χ2n) is 26.1. The topological polar surface area (TPSA) is 27.7 Å². The van der Waals surface area contributed by atoms with Gasteiger partial charge < -0.3 is 14.2 Å². The molecule has 4 unspecified atom stereocenters. The van der Waals surface area contributed by atoms with Crippen molar-refractivity contribution in [1.29, 1.82) is 0 Å². The van der Waals surface area contributed by atoms with E-state index in [1.165, 1.54) is 77.6 Å². The summed E-state index contributed by atoms with van der Waals surface area (Å²) >= 11 is 0. The molecule has 0 aromatic heterocycles. The molecule has 4 aromatic carbocycles. The van der Waals surface area contributed by atoms with E-state index in [-0.39, 0.29) is 21.0 Å². The average Bonchev–Trinajstić information content (AvgIpc) is 3.18. The van der Waals surface area contributed by atoms with Crippen molar-refractivity contribution in [3.05, 3.63) is 104 Å². The summed E-state index contributed by atoms with van der Waals surface area (Å²) < 4.78 is 20.0. The van der Waals surface area contributed by atoms with Gasteiger partial charge in [0.1, 0.15) is 0 Å². The van der Waals surface area contributed by atoms with Crippen LogP contribution < -0.4 is 10.6 Å². The van der Waals surface area contributed by atoms with Gasteiger partial charge in [-0.25, -0.2) is 0 Å². The summed E-state index contributed by atoms with van der Waals surface area (Å²) in [7, 11) is -1.21. The molecule has 5 heteroatoms. The molecule has 4 aromatic rings. The Balaban J connectivity index is 0.000000227. The predicted molar refractivity (Wildman–Crippen MR) is 306 cm³/mol. The zero-order chi connectivity index (χ0) is 52.0. The normalized spacial score (nSPS) is 24.8. The zero-order valence-corrected chi connectivity index (χ0v) is 50.4.